The Morgan fingerprint density at radius 3 is 2.83 bits per heavy atom. The van der Waals surface area contributed by atoms with Gasteiger partial charge in [0.2, 0.25) is 5.91 Å². The molecule has 4 heteroatoms. The van der Waals surface area contributed by atoms with Crippen LogP contribution in [0.3, 0.4) is 0 Å². The van der Waals surface area contributed by atoms with Gasteiger partial charge in [-0.05, 0) is 36.9 Å². The average molecular weight is 311 g/mol. The molecule has 98 valence electrons. The van der Waals surface area contributed by atoms with Crippen molar-refractivity contribution in [3.63, 3.8) is 0 Å². The van der Waals surface area contributed by atoms with Gasteiger partial charge in [0.1, 0.15) is 0 Å². The van der Waals surface area contributed by atoms with Crippen molar-refractivity contribution in [2.45, 2.75) is 19.4 Å². The Morgan fingerprint density at radius 2 is 2.17 bits per heavy atom. The van der Waals surface area contributed by atoms with E-state index >= 15 is 0 Å². The summed E-state index contributed by atoms with van der Waals surface area (Å²) in [6, 6.07) is 8.00. The third-order valence-corrected chi connectivity index (χ3v) is 3.97. The Balaban J connectivity index is 1.77. The van der Waals surface area contributed by atoms with Crippen molar-refractivity contribution in [3.05, 3.63) is 34.3 Å². The predicted octanol–water partition coefficient (Wildman–Crippen LogP) is 2.41. The Labute approximate surface area is 117 Å². The molecule has 0 aliphatic heterocycles. The summed E-state index contributed by atoms with van der Waals surface area (Å²) in [7, 11) is 1.85. The summed E-state index contributed by atoms with van der Waals surface area (Å²) in [4.78, 5) is 13.7. The number of nitrogens with one attached hydrogen (secondary N) is 1. The lowest BCUT2D eigenvalue weighted by Gasteiger charge is -2.18. The zero-order valence-corrected chi connectivity index (χ0v) is 12.2. The molecule has 2 rings (SSSR count). The highest BCUT2D eigenvalue weighted by atomic mass is 79.9. The highest BCUT2D eigenvalue weighted by Gasteiger charge is 2.21. The van der Waals surface area contributed by atoms with Gasteiger partial charge in [-0.25, -0.2) is 0 Å². The molecule has 1 aromatic carbocycles. The van der Waals surface area contributed by atoms with Crippen LogP contribution < -0.4 is 5.32 Å². The van der Waals surface area contributed by atoms with E-state index in [2.05, 4.69) is 21.2 Å². The van der Waals surface area contributed by atoms with Gasteiger partial charge >= 0.3 is 0 Å². The van der Waals surface area contributed by atoms with E-state index in [1.165, 1.54) is 12.8 Å². The fourth-order valence-corrected chi connectivity index (χ4v) is 2.22. The largest absolute Gasteiger partial charge is 0.340 e. The van der Waals surface area contributed by atoms with E-state index in [0.29, 0.717) is 13.1 Å². The maximum atomic E-state index is 11.9. The molecule has 0 radical (unpaired) electrons. The van der Waals surface area contributed by atoms with Crippen molar-refractivity contribution >= 4 is 21.8 Å². The maximum absolute atomic E-state index is 11.9. The normalized spacial score (nSPS) is 14.6. The number of hydrogen-bond donors (Lipinski definition) is 1. The number of amides is 1. The summed E-state index contributed by atoms with van der Waals surface area (Å²) in [5, 5.41) is 3.23. The second-order valence-corrected chi connectivity index (χ2v) is 5.77. The molecular formula is C14H19BrN2O. The molecule has 0 spiro atoms. The summed E-state index contributed by atoms with van der Waals surface area (Å²) >= 11 is 3.50. The van der Waals surface area contributed by atoms with Crippen LogP contribution in [0.5, 0.6) is 0 Å². The molecule has 1 saturated carbocycles. The number of likely N-dealkylation sites (N-methyl/N-ethyl adjacent to an activating group) is 1. The first-order valence-electron chi connectivity index (χ1n) is 6.35. The number of benzene rings is 1. The van der Waals surface area contributed by atoms with E-state index in [1.54, 1.807) is 4.90 Å². The lowest BCUT2D eigenvalue weighted by atomic mass is 10.2. The highest BCUT2D eigenvalue weighted by Crippen LogP contribution is 2.27. The standard InChI is InChI=1S/C14H19BrN2O/c1-17(10-12-4-2-3-5-13(12)15)14(18)9-16-8-11-6-7-11/h2-5,11,16H,6-10H2,1H3. The van der Waals surface area contributed by atoms with Crippen LogP contribution in [0.2, 0.25) is 0 Å². The molecule has 0 bridgehead atoms. The van der Waals surface area contributed by atoms with Gasteiger partial charge in [-0.3, -0.25) is 4.79 Å². The van der Waals surface area contributed by atoms with Gasteiger partial charge in [-0.1, -0.05) is 34.1 Å². The molecule has 1 fully saturated rings. The molecule has 0 atom stereocenters. The molecule has 0 aromatic heterocycles. The smallest absolute Gasteiger partial charge is 0.236 e. The van der Waals surface area contributed by atoms with Crippen molar-refractivity contribution < 1.29 is 4.79 Å². The number of halogens is 1. The summed E-state index contributed by atoms with van der Waals surface area (Å²) in [6.07, 6.45) is 2.63. The third kappa shape index (κ3) is 4.10. The highest BCUT2D eigenvalue weighted by molar-refractivity contribution is 9.10. The molecule has 1 amide bonds. The number of rotatable bonds is 6. The van der Waals surface area contributed by atoms with Crippen LogP contribution in [0, 0.1) is 5.92 Å². The minimum Gasteiger partial charge on any atom is -0.340 e. The summed E-state index contributed by atoms with van der Waals surface area (Å²) < 4.78 is 1.05. The van der Waals surface area contributed by atoms with Crippen LogP contribution in [0.15, 0.2) is 28.7 Å². The van der Waals surface area contributed by atoms with Gasteiger partial charge in [-0.15, -0.1) is 0 Å². The SMILES string of the molecule is CN(Cc1ccccc1Br)C(=O)CNCC1CC1. The average Bonchev–Trinajstić information content (AvgIpc) is 3.16. The Bertz CT molecular complexity index is 418. The minimum absolute atomic E-state index is 0.145. The Morgan fingerprint density at radius 1 is 1.44 bits per heavy atom. The lowest BCUT2D eigenvalue weighted by Crippen LogP contribution is -2.35. The van der Waals surface area contributed by atoms with Crippen molar-refractivity contribution in [2.75, 3.05) is 20.1 Å². The topological polar surface area (TPSA) is 32.3 Å². The Kier molecular flexibility index (Phi) is 4.78. The first kappa shape index (κ1) is 13.6. The van der Waals surface area contributed by atoms with Gasteiger partial charge in [-0.2, -0.15) is 0 Å². The van der Waals surface area contributed by atoms with Gasteiger partial charge < -0.3 is 10.2 Å². The number of nitrogens with zero attached hydrogens (tertiary/aromatic N) is 1. The second kappa shape index (κ2) is 6.34. The lowest BCUT2D eigenvalue weighted by molar-refractivity contribution is -0.129. The van der Waals surface area contributed by atoms with E-state index in [-0.39, 0.29) is 5.91 Å². The van der Waals surface area contributed by atoms with Crippen LogP contribution >= 0.6 is 15.9 Å². The molecule has 18 heavy (non-hydrogen) atoms. The molecule has 1 aliphatic carbocycles. The molecular weight excluding hydrogens is 292 g/mol. The van der Waals surface area contributed by atoms with Crippen LogP contribution in [0.25, 0.3) is 0 Å². The van der Waals surface area contributed by atoms with E-state index in [4.69, 9.17) is 0 Å². The number of carbonyl (C=O) groups is 1. The van der Waals surface area contributed by atoms with Gasteiger partial charge in [0.15, 0.2) is 0 Å². The quantitative estimate of drug-likeness (QED) is 0.875. The summed E-state index contributed by atoms with van der Waals surface area (Å²) in [5.74, 6) is 0.956. The van der Waals surface area contributed by atoms with Gasteiger partial charge in [0.05, 0.1) is 6.54 Å². The van der Waals surface area contributed by atoms with Gasteiger partial charge in [0.25, 0.3) is 0 Å². The monoisotopic (exact) mass is 310 g/mol. The summed E-state index contributed by atoms with van der Waals surface area (Å²) in [6.45, 7) is 2.07. The van der Waals surface area contributed by atoms with Crippen molar-refractivity contribution in [2.24, 2.45) is 5.92 Å². The third-order valence-electron chi connectivity index (χ3n) is 3.20. The second-order valence-electron chi connectivity index (χ2n) is 4.92. The van der Waals surface area contributed by atoms with E-state index in [1.807, 2.05) is 31.3 Å². The van der Waals surface area contributed by atoms with Crippen molar-refractivity contribution in [1.29, 1.82) is 0 Å². The van der Waals surface area contributed by atoms with Crippen molar-refractivity contribution in [1.82, 2.24) is 10.2 Å². The molecule has 1 N–H and O–H groups in total. The summed E-state index contributed by atoms with van der Waals surface area (Å²) in [5.41, 5.74) is 1.13. The first-order valence-corrected chi connectivity index (χ1v) is 7.14. The molecule has 1 aliphatic rings. The Hall–Kier alpha value is -0.870. The first-order chi connectivity index (χ1) is 8.66. The molecule has 1 aromatic rings. The molecule has 3 nitrogen and oxygen atoms in total. The minimum atomic E-state index is 0.145. The van der Waals surface area contributed by atoms with Crippen LogP contribution in [0.1, 0.15) is 18.4 Å². The van der Waals surface area contributed by atoms with Gasteiger partial charge in [0, 0.05) is 18.1 Å². The maximum Gasteiger partial charge on any atom is 0.236 e. The zero-order valence-electron chi connectivity index (χ0n) is 10.7. The molecule has 0 heterocycles. The van der Waals surface area contributed by atoms with Crippen LogP contribution in [-0.4, -0.2) is 30.9 Å². The van der Waals surface area contributed by atoms with E-state index < -0.39 is 0 Å². The van der Waals surface area contributed by atoms with Crippen LogP contribution in [-0.2, 0) is 11.3 Å². The van der Waals surface area contributed by atoms with Crippen molar-refractivity contribution in [3.8, 4) is 0 Å². The fourth-order valence-electron chi connectivity index (χ4n) is 1.81. The molecule has 0 saturated heterocycles. The van der Waals surface area contributed by atoms with E-state index in [0.717, 1.165) is 22.5 Å². The predicted molar refractivity (Wildman–Crippen MR) is 76.2 cm³/mol. The zero-order chi connectivity index (χ0) is 13.0. The fraction of sp³-hybridized carbons (Fsp3) is 0.500. The van der Waals surface area contributed by atoms with E-state index in [9.17, 15) is 4.79 Å². The number of carbonyl (C=O) groups excluding carboxylic acids is 1. The van der Waals surface area contributed by atoms with Crippen LogP contribution in [0.4, 0.5) is 0 Å². The number of hydrogen-bond acceptors (Lipinski definition) is 2. The molecule has 0 unspecified atom stereocenters.